The van der Waals surface area contributed by atoms with Gasteiger partial charge in [-0.15, -0.1) is 0 Å². The molecule has 0 amide bonds. The summed E-state index contributed by atoms with van der Waals surface area (Å²) >= 11 is 3.45. The van der Waals surface area contributed by atoms with Crippen LogP contribution in [0.25, 0.3) is 0 Å². The minimum absolute atomic E-state index is 0.116. The van der Waals surface area contributed by atoms with Gasteiger partial charge < -0.3 is 4.90 Å². The van der Waals surface area contributed by atoms with Gasteiger partial charge in [-0.1, -0.05) is 47.1 Å². The highest BCUT2D eigenvalue weighted by Gasteiger charge is 2.10. The number of piperidine rings is 1. The second-order valence-electron chi connectivity index (χ2n) is 7.49. The highest BCUT2D eigenvalue weighted by Crippen LogP contribution is 2.16. The normalized spacial score (nSPS) is 14.8. The Balaban J connectivity index is 0.000000195. The quantitative estimate of drug-likeness (QED) is 0.448. The zero-order chi connectivity index (χ0) is 19.7. The summed E-state index contributed by atoms with van der Waals surface area (Å²) in [6, 6.07) is 11.6. The van der Waals surface area contributed by atoms with Gasteiger partial charge in [-0.3, -0.25) is 0 Å². The van der Waals surface area contributed by atoms with Crippen molar-refractivity contribution in [3.63, 3.8) is 0 Å². The average Bonchev–Trinajstić information content (AvgIpc) is 2.59. The fraction of sp³-hybridized carbons (Fsp3) is 0.478. The largest absolute Gasteiger partial charge is 0.306 e. The first-order valence-electron chi connectivity index (χ1n) is 9.33. The van der Waals surface area contributed by atoms with Crippen molar-refractivity contribution in [3.05, 3.63) is 68.9 Å². The number of rotatable bonds is 0. The van der Waals surface area contributed by atoms with Gasteiger partial charge in [0.25, 0.3) is 0 Å². The molecule has 3 rings (SSSR count). The smallest absolute Gasteiger partial charge is 0.126 e. The summed E-state index contributed by atoms with van der Waals surface area (Å²) in [6.45, 7) is 12.8. The van der Waals surface area contributed by atoms with Crippen LogP contribution in [0.1, 0.15) is 42.0 Å². The van der Waals surface area contributed by atoms with Gasteiger partial charge in [-0.05, 0) is 101 Å². The Hall–Kier alpha value is -1.19. The maximum atomic E-state index is 12.6. The molecule has 1 fully saturated rings. The molecule has 0 N–H and O–H groups in total. The van der Waals surface area contributed by atoms with Gasteiger partial charge in [0.2, 0.25) is 0 Å². The molecule has 144 valence electrons. The molecule has 1 aliphatic heterocycles. The summed E-state index contributed by atoms with van der Waals surface area (Å²) in [4.78, 5) is 2.40. The minimum Gasteiger partial charge on any atom is -0.306 e. The van der Waals surface area contributed by atoms with E-state index in [1.807, 2.05) is 13.0 Å². The van der Waals surface area contributed by atoms with Gasteiger partial charge in [-0.2, -0.15) is 0 Å². The number of aryl methyl sites for hydroxylation is 4. The maximum Gasteiger partial charge on any atom is 0.126 e. The summed E-state index contributed by atoms with van der Waals surface area (Å²) < 4.78 is 13.8. The van der Waals surface area contributed by atoms with Gasteiger partial charge >= 0.3 is 0 Å². The molecule has 3 heteroatoms. The number of likely N-dealkylation sites (tertiary alicyclic amines) is 1. The monoisotopic (exact) mass is 421 g/mol. The van der Waals surface area contributed by atoms with Crippen LogP contribution in [-0.4, -0.2) is 25.0 Å². The Bertz CT molecular complexity index is 616. The summed E-state index contributed by atoms with van der Waals surface area (Å²) in [5.74, 6) is 0.862. The van der Waals surface area contributed by atoms with Crippen molar-refractivity contribution in [2.45, 2.75) is 47.5 Å². The Morgan fingerprint density at radius 1 is 0.885 bits per heavy atom. The third-order valence-electron chi connectivity index (χ3n) is 4.66. The third-order valence-corrected chi connectivity index (χ3v) is 5.52. The van der Waals surface area contributed by atoms with Crippen molar-refractivity contribution in [2.75, 3.05) is 20.1 Å². The number of benzene rings is 2. The van der Waals surface area contributed by atoms with Crippen LogP contribution in [0.2, 0.25) is 0 Å². The Morgan fingerprint density at radius 3 is 1.77 bits per heavy atom. The van der Waals surface area contributed by atoms with Crippen molar-refractivity contribution in [2.24, 2.45) is 5.92 Å². The lowest BCUT2D eigenvalue weighted by atomic mass is 10.00. The van der Waals surface area contributed by atoms with E-state index in [0.29, 0.717) is 5.56 Å². The van der Waals surface area contributed by atoms with Crippen LogP contribution in [0.3, 0.4) is 0 Å². The zero-order valence-electron chi connectivity index (χ0n) is 17.1. The lowest BCUT2D eigenvalue weighted by Crippen LogP contribution is -2.28. The first-order valence-corrected chi connectivity index (χ1v) is 10.1. The van der Waals surface area contributed by atoms with E-state index >= 15 is 0 Å². The molecule has 0 atom stereocenters. The third kappa shape index (κ3) is 8.95. The molecule has 0 aliphatic carbocycles. The molecule has 26 heavy (non-hydrogen) atoms. The Kier molecular flexibility index (Phi) is 10.1. The van der Waals surface area contributed by atoms with E-state index in [1.165, 1.54) is 47.6 Å². The maximum absolute atomic E-state index is 12.6. The highest BCUT2D eigenvalue weighted by atomic mass is 79.9. The second-order valence-corrected chi connectivity index (χ2v) is 8.35. The van der Waals surface area contributed by atoms with E-state index in [1.54, 1.807) is 13.0 Å². The molecule has 0 bridgehead atoms. The number of hydrogen-bond acceptors (Lipinski definition) is 1. The van der Waals surface area contributed by atoms with Crippen molar-refractivity contribution in [1.29, 1.82) is 0 Å². The van der Waals surface area contributed by atoms with Gasteiger partial charge in [0.05, 0.1) is 0 Å². The molecule has 0 saturated carbocycles. The standard InChI is InChI=1S/C8H9Br.C8H9F.C7H15N/c2*1-6-3-4-7(2)8(9)5-6;1-7-3-5-8(2)6-4-7/h2*3-5H,1-2H3;7H,3-6H2,1-2H3. The summed E-state index contributed by atoms with van der Waals surface area (Å²) in [5, 5.41) is 0. The van der Waals surface area contributed by atoms with Crippen LogP contribution in [0.5, 0.6) is 0 Å². The van der Waals surface area contributed by atoms with Crippen LogP contribution in [-0.2, 0) is 0 Å². The molecular formula is C23H33BrFN. The number of nitrogens with zero attached hydrogens (tertiary/aromatic N) is 1. The molecule has 1 heterocycles. The van der Waals surface area contributed by atoms with E-state index in [-0.39, 0.29) is 5.82 Å². The van der Waals surface area contributed by atoms with E-state index in [0.717, 1.165) is 11.5 Å². The van der Waals surface area contributed by atoms with Crippen LogP contribution in [0, 0.1) is 39.4 Å². The van der Waals surface area contributed by atoms with Crippen LogP contribution >= 0.6 is 15.9 Å². The van der Waals surface area contributed by atoms with Crippen molar-refractivity contribution in [3.8, 4) is 0 Å². The van der Waals surface area contributed by atoms with Crippen LogP contribution in [0.15, 0.2) is 40.9 Å². The molecule has 0 spiro atoms. The Morgan fingerprint density at radius 2 is 1.38 bits per heavy atom. The van der Waals surface area contributed by atoms with Crippen LogP contribution < -0.4 is 0 Å². The van der Waals surface area contributed by atoms with Crippen molar-refractivity contribution < 1.29 is 4.39 Å². The Labute approximate surface area is 167 Å². The fourth-order valence-corrected chi connectivity index (χ4v) is 3.03. The van der Waals surface area contributed by atoms with E-state index in [4.69, 9.17) is 0 Å². The predicted molar refractivity (Wildman–Crippen MR) is 115 cm³/mol. The predicted octanol–water partition coefficient (Wildman–Crippen LogP) is 6.86. The fourth-order valence-electron chi connectivity index (χ4n) is 2.53. The molecule has 0 unspecified atom stereocenters. The average molecular weight is 422 g/mol. The molecular weight excluding hydrogens is 389 g/mol. The van der Waals surface area contributed by atoms with E-state index < -0.39 is 0 Å². The molecule has 0 radical (unpaired) electrons. The second kappa shape index (κ2) is 11.5. The van der Waals surface area contributed by atoms with Crippen molar-refractivity contribution in [1.82, 2.24) is 4.90 Å². The topological polar surface area (TPSA) is 3.24 Å². The molecule has 1 aliphatic rings. The summed E-state index contributed by atoms with van der Waals surface area (Å²) in [5.41, 5.74) is 4.27. The van der Waals surface area contributed by atoms with Gasteiger partial charge in [0.15, 0.2) is 0 Å². The highest BCUT2D eigenvalue weighted by molar-refractivity contribution is 9.10. The van der Waals surface area contributed by atoms with Crippen LogP contribution in [0.4, 0.5) is 4.39 Å². The lowest BCUT2D eigenvalue weighted by molar-refractivity contribution is 0.230. The molecule has 1 saturated heterocycles. The van der Waals surface area contributed by atoms with Gasteiger partial charge in [-0.25, -0.2) is 4.39 Å². The van der Waals surface area contributed by atoms with E-state index in [2.05, 4.69) is 66.8 Å². The molecule has 2 aromatic carbocycles. The van der Waals surface area contributed by atoms with Gasteiger partial charge in [0, 0.05) is 4.47 Å². The van der Waals surface area contributed by atoms with E-state index in [9.17, 15) is 4.39 Å². The first kappa shape index (κ1) is 22.9. The minimum atomic E-state index is -0.116. The SMILES string of the molecule is CC1CCN(C)CC1.Cc1ccc(C)c(Br)c1.Cc1ccc(C)c(F)c1. The van der Waals surface area contributed by atoms with Gasteiger partial charge in [0.1, 0.15) is 5.82 Å². The zero-order valence-corrected chi connectivity index (χ0v) is 18.7. The first-order chi connectivity index (χ1) is 12.2. The molecule has 1 nitrogen and oxygen atoms in total. The number of hydrogen-bond donors (Lipinski definition) is 0. The lowest BCUT2D eigenvalue weighted by Gasteiger charge is -2.26. The molecule has 0 aromatic heterocycles. The summed E-state index contributed by atoms with van der Waals surface area (Å²) in [6.07, 6.45) is 2.80. The molecule has 2 aromatic rings. The van der Waals surface area contributed by atoms with Crippen molar-refractivity contribution >= 4 is 15.9 Å². The summed E-state index contributed by atoms with van der Waals surface area (Å²) in [7, 11) is 2.20. The number of halogens is 2.